The van der Waals surface area contributed by atoms with Gasteiger partial charge in [-0.25, -0.2) is 0 Å². The molecule has 0 aromatic carbocycles. The van der Waals surface area contributed by atoms with Crippen molar-refractivity contribution in [3.63, 3.8) is 0 Å². The molecule has 2 aromatic heterocycles. The Bertz CT molecular complexity index is 550. The molecule has 0 saturated heterocycles. The van der Waals surface area contributed by atoms with Crippen LogP contribution in [0.2, 0.25) is 0 Å². The zero-order chi connectivity index (χ0) is 13.8. The number of anilines is 1. The second kappa shape index (κ2) is 5.83. The lowest BCUT2D eigenvalue weighted by Gasteiger charge is -2.17. The van der Waals surface area contributed by atoms with E-state index < -0.39 is 4.92 Å². The van der Waals surface area contributed by atoms with Crippen LogP contribution >= 0.6 is 11.3 Å². The molecule has 2 heterocycles. The summed E-state index contributed by atoms with van der Waals surface area (Å²) in [6, 6.07) is 4.11. The van der Waals surface area contributed by atoms with Gasteiger partial charge in [-0.05, 0) is 27.8 Å². The molecule has 0 saturated carbocycles. The minimum absolute atomic E-state index is 0.0825. The van der Waals surface area contributed by atoms with Gasteiger partial charge in [-0.15, -0.1) is 11.3 Å². The van der Waals surface area contributed by atoms with Crippen molar-refractivity contribution in [1.82, 2.24) is 9.55 Å². The number of hydrogen-bond acceptors (Lipinski definition) is 5. The Hall–Kier alpha value is -1.89. The van der Waals surface area contributed by atoms with E-state index in [9.17, 15) is 10.1 Å². The summed E-state index contributed by atoms with van der Waals surface area (Å²) in [6.07, 6.45) is 3.38. The van der Waals surface area contributed by atoms with E-state index in [4.69, 9.17) is 0 Å². The summed E-state index contributed by atoms with van der Waals surface area (Å²) < 4.78 is 1.65. The molecule has 0 fully saturated rings. The van der Waals surface area contributed by atoms with E-state index in [1.54, 1.807) is 23.0 Å². The predicted molar refractivity (Wildman–Crippen MR) is 75.5 cm³/mol. The lowest BCUT2D eigenvalue weighted by atomic mass is 10.1. The average molecular weight is 280 g/mol. The van der Waals surface area contributed by atoms with Gasteiger partial charge in [0.05, 0.1) is 6.04 Å². The van der Waals surface area contributed by atoms with Crippen molar-refractivity contribution in [1.29, 1.82) is 0 Å². The second-order valence-corrected chi connectivity index (χ2v) is 5.27. The molecule has 2 aromatic rings. The minimum atomic E-state index is -0.459. The average Bonchev–Trinajstić information content (AvgIpc) is 2.99. The van der Waals surface area contributed by atoms with Gasteiger partial charge in [0.25, 0.3) is 0 Å². The first kappa shape index (κ1) is 13.5. The molecule has 0 bridgehead atoms. The van der Waals surface area contributed by atoms with E-state index in [0.717, 1.165) is 12.8 Å². The van der Waals surface area contributed by atoms with Crippen LogP contribution in [0.1, 0.15) is 30.7 Å². The first-order valence-corrected chi connectivity index (χ1v) is 6.97. The van der Waals surface area contributed by atoms with Crippen LogP contribution in [0.3, 0.4) is 0 Å². The molecule has 2 rings (SSSR count). The minimum Gasteiger partial charge on any atom is -0.358 e. The number of rotatable bonds is 6. The number of thiophene rings is 1. The SMILES string of the molecule is CCCC(Nc1c([N+](=O)[O-])ncn1C)c1cccs1. The summed E-state index contributed by atoms with van der Waals surface area (Å²) >= 11 is 1.65. The number of nitrogens with one attached hydrogen (secondary N) is 1. The Morgan fingerprint density at radius 2 is 2.42 bits per heavy atom. The van der Waals surface area contributed by atoms with Crippen LogP contribution in [0.15, 0.2) is 23.8 Å². The summed E-state index contributed by atoms with van der Waals surface area (Å²) in [5, 5.41) is 16.2. The highest BCUT2D eigenvalue weighted by molar-refractivity contribution is 7.10. The number of nitro groups is 1. The quantitative estimate of drug-likeness (QED) is 0.650. The van der Waals surface area contributed by atoms with E-state index in [-0.39, 0.29) is 11.9 Å². The Balaban J connectivity index is 2.27. The molecule has 102 valence electrons. The van der Waals surface area contributed by atoms with E-state index in [2.05, 4.69) is 17.2 Å². The van der Waals surface area contributed by atoms with Gasteiger partial charge in [-0.2, -0.15) is 0 Å². The smallest absolute Gasteiger partial charge is 0.358 e. The normalized spacial score (nSPS) is 12.3. The Labute approximate surface area is 115 Å². The van der Waals surface area contributed by atoms with Crippen LogP contribution in [0.25, 0.3) is 0 Å². The van der Waals surface area contributed by atoms with Crippen molar-refractivity contribution in [2.24, 2.45) is 7.05 Å². The maximum absolute atomic E-state index is 11.0. The number of aryl methyl sites for hydroxylation is 1. The molecule has 0 aliphatic heterocycles. The van der Waals surface area contributed by atoms with Gasteiger partial charge in [0.15, 0.2) is 0 Å². The van der Waals surface area contributed by atoms with Crippen LogP contribution in [0.5, 0.6) is 0 Å². The summed E-state index contributed by atoms with van der Waals surface area (Å²) in [6.45, 7) is 2.10. The van der Waals surface area contributed by atoms with Crippen molar-refractivity contribution >= 4 is 23.0 Å². The van der Waals surface area contributed by atoms with Crippen LogP contribution in [-0.2, 0) is 7.05 Å². The maximum Gasteiger partial charge on any atom is 0.406 e. The number of aromatic nitrogens is 2. The van der Waals surface area contributed by atoms with Crippen LogP contribution in [0.4, 0.5) is 11.6 Å². The summed E-state index contributed by atoms with van der Waals surface area (Å²) in [4.78, 5) is 15.5. The molecule has 1 unspecified atom stereocenters. The fourth-order valence-corrected chi connectivity index (χ4v) is 2.76. The highest BCUT2D eigenvalue weighted by atomic mass is 32.1. The standard InChI is InChI=1S/C12H16N4O2S/c1-3-5-9(10-6-4-7-19-10)14-12-11(16(17)18)13-8-15(12)2/h4,6-9,14H,3,5H2,1-2H3. The second-order valence-electron chi connectivity index (χ2n) is 4.29. The molecular formula is C12H16N4O2S. The van der Waals surface area contributed by atoms with E-state index >= 15 is 0 Å². The Kier molecular flexibility index (Phi) is 4.16. The van der Waals surface area contributed by atoms with E-state index in [1.807, 2.05) is 17.5 Å². The molecule has 0 aliphatic rings. The Morgan fingerprint density at radius 3 is 3.00 bits per heavy atom. The fourth-order valence-electron chi connectivity index (χ4n) is 1.95. The molecule has 6 nitrogen and oxygen atoms in total. The summed E-state index contributed by atoms with van der Waals surface area (Å²) in [5.41, 5.74) is 0. The molecule has 0 spiro atoms. The zero-order valence-corrected chi connectivity index (χ0v) is 11.7. The first-order chi connectivity index (χ1) is 9.13. The first-order valence-electron chi connectivity index (χ1n) is 6.09. The lowest BCUT2D eigenvalue weighted by Crippen LogP contribution is -2.12. The maximum atomic E-state index is 11.0. The Morgan fingerprint density at radius 1 is 1.63 bits per heavy atom. The number of imidazole rings is 1. The topological polar surface area (TPSA) is 73.0 Å². The molecular weight excluding hydrogens is 264 g/mol. The van der Waals surface area contributed by atoms with Gasteiger partial charge in [0.2, 0.25) is 12.1 Å². The van der Waals surface area contributed by atoms with E-state index in [0.29, 0.717) is 5.82 Å². The van der Waals surface area contributed by atoms with Crippen molar-refractivity contribution in [3.8, 4) is 0 Å². The number of hydrogen-bond donors (Lipinski definition) is 1. The molecule has 19 heavy (non-hydrogen) atoms. The third-order valence-corrected chi connectivity index (χ3v) is 3.85. The van der Waals surface area contributed by atoms with Gasteiger partial charge < -0.3 is 15.4 Å². The molecule has 0 aliphatic carbocycles. The summed E-state index contributed by atoms with van der Waals surface area (Å²) in [7, 11) is 1.75. The van der Waals surface area contributed by atoms with Crippen molar-refractivity contribution < 1.29 is 4.92 Å². The zero-order valence-electron chi connectivity index (χ0n) is 10.9. The van der Waals surface area contributed by atoms with Crippen molar-refractivity contribution in [3.05, 3.63) is 38.8 Å². The number of nitrogens with zero attached hydrogens (tertiary/aromatic N) is 3. The predicted octanol–water partition coefficient (Wildman–Crippen LogP) is 3.34. The van der Waals surface area contributed by atoms with Gasteiger partial charge in [-0.1, -0.05) is 19.4 Å². The van der Waals surface area contributed by atoms with Crippen molar-refractivity contribution in [2.75, 3.05) is 5.32 Å². The van der Waals surface area contributed by atoms with Crippen molar-refractivity contribution in [2.45, 2.75) is 25.8 Å². The molecule has 1 N–H and O–H groups in total. The largest absolute Gasteiger partial charge is 0.406 e. The highest BCUT2D eigenvalue weighted by Gasteiger charge is 2.23. The van der Waals surface area contributed by atoms with E-state index in [1.165, 1.54) is 11.2 Å². The van der Waals surface area contributed by atoms with Crippen LogP contribution in [0, 0.1) is 10.1 Å². The third-order valence-electron chi connectivity index (χ3n) is 2.87. The van der Waals surface area contributed by atoms with Crippen LogP contribution in [-0.4, -0.2) is 14.5 Å². The molecule has 0 amide bonds. The highest BCUT2D eigenvalue weighted by Crippen LogP contribution is 2.30. The monoisotopic (exact) mass is 280 g/mol. The fraction of sp³-hybridized carbons (Fsp3) is 0.417. The third kappa shape index (κ3) is 2.93. The van der Waals surface area contributed by atoms with Gasteiger partial charge >= 0.3 is 5.82 Å². The molecule has 0 radical (unpaired) electrons. The summed E-state index contributed by atoms with van der Waals surface area (Å²) in [5.74, 6) is 0.331. The van der Waals surface area contributed by atoms with Gasteiger partial charge in [-0.3, -0.25) is 4.57 Å². The lowest BCUT2D eigenvalue weighted by molar-refractivity contribution is -0.388. The molecule has 1 atom stereocenters. The van der Waals surface area contributed by atoms with Gasteiger partial charge in [0.1, 0.15) is 0 Å². The van der Waals surface area contributed by atoms with Gasteiger partial charge in [0, 0.05) is 11.9 Å². The van der Waals surface area contributed by atoms with Crippen LogP contribution < -0.4 is 5.32 Å². The molecule has 7 heteroatoms.